The van der Waals surface area contributed by atoms with Crippen LogP contribution in [0.25, 0.3) is 0 Å². The Kier molecular flexibility index (Phi) is 4.21. The van der Waals surface area contributed by atoms with Crippen LogP contribution in [0.1, 0.15) is 0 Å². The molecule has 2 heteroatoms. The maximum atomic E-state index is 6.29. The minimum Gasteiger partial charge on any atom is -0.537 e. The first-order valence-corrected chi connectivity index (χ1v) is 9.24. The van der Waals surface area contributed by atoms with Crippen LogP contribution >= 0.6 is 0 Å². The van der Waals surface area contributed by atoms with Crippen LogP contribution < -0.4 is 15.6 Å². The molecular formula is C20H18OSi. The summed E-state index contributed by atoms with van der Waals surface area (Å²) in [5, 5.41) is 3.65. The number of benzene rings is 3. The number of rotatable bonds is 5. The van der Waals surface area contributed by atoms with Crippen molar-refractivity contribution < 1.29 is 4.43 Å². The largest absolute Gasteiger partial charge is 0.537 e. The van der Waals surface area contributed by atoms with Crippen molar-refractivity contribution >= 4 is 23.9 Å². The topological polar surface area (TPSA) is 9.23 Å². The first kappa shape index (κ1) is 14.4. The summed E-state index contributed by atoms with van der Waals surface area (Å²) in [7, 11) is -2.54. The van der Waals surface area contributed by atoms with Gasteiger partial charge in [-0.2, -0.15) is 0 Å². The molecule has 0 fully saturated rings. The lowest BCUT2D eigenvalue weighted by Gasteiger charge is -2.31. The van der Waals surface area contributed by atoms with Crippen LogP contribution in [0.2, 0.25) is 0 Å². The fraction of sp³-hybridized carbons (Fsp3) is 0. The van der Waals surface area contributed by atoms with Gasteiger partial charge in [-0.05, 0) is 15.6 Å². The molecule has 0 aliphatic rings. The highest BCUT2D eigenvalue weighted by Gasteiger charge is 2.42. The van der Waals surface area contributed by atoms with Crippen LogP contribution in [0.3, 0.4) is 0 Å². The van der Waals surface area contributed by atoms with E-state index >= 15 is 0 Å². The average molecular weight is 302 g/mol. The van der Waals surface area contributed by atoms with E-state index in [1.54, 1.807) is 6.26 Å². The minimum absolute atomic E-state index is 1.22. The summed E-state index contributed by atoms with van der Waals surface area (Å²) in [6.45, 7) is 3.83. The molecule has 0 heterocycles. The maximum Gasteiger partial charge on any atom is 0.346 e. The highest BCUT2D eigenvalue weighted by Crippen LogP contribution is 2.09. The van der Waals surface area contributed by atoms with Gasteiger partial charge in [0.05, 0.1) is 6.26 Å². The maximum absolute atomic E-state index is 6.29. The molecule has 0 radical (unpaired) electrons. The molecule has 108 valence electrons. The van der Waals surface area contributed by atoms with Crippen molar-refractivity contribution in [3.05, 3.63) is 104 Å². The lowest BCUT2D eigenvalue weighted by Crippen LogP contribution is -2.68. The number of hydrogen-bond acceptors (Lipinski definition) is 1. The Morgan fingerprint density at radius 2 is 0.909 bits per heavy atom. The zero-order chi connectivity index (χ0) is 15.3. The summed E-state index contributed by atoms with van der Waals surface area (Å²) in [4.78, 5) is 0. The zero-order valence-electron chi connectivity index (χ0n) is 12.4. The van der Waals surface area contributed by atoms with E-state index in [1.807, 2.05) is 18.2 Å². The van der Waals surface area contributed by atoms with Gasteiger partial charge in [0, 0.05) is 0 Å². The Morgan fingerprint density at radius 3 is 1.18 bits per heavy atom. The van der Waals surface area contributed by atoms with Crippen molar-refractivity contribution in [1.82, 2.24) is 0 Å². The predicted octanol–water partition coefficient (Wildman–Crippen LogP) is 2.81. The van der Waals surface area contributed by atoms with Gasteiger partial charge in [-0.1, -0.05) is 97.6 Å². The second-order valence-corrected chi connectivity index (χ2v) is 8.39. The molecule has 0 aliphatic carbocycles. The van der Waals surface area contributed by atoms with Gasteiger partial charge in [0.15, 0.2) is 0 Å². The lowest BCUT2D eigenvalue weighted by atomic mass is 10.3. The van der Waals surface area contributed by atoms with E-state index in [9.17, 15) is 0 Å². The quantitative estimate of drug-likeness (QED) is 0.400. The van der Waals surface area contributed by atoms with Gasteiger partial charge < -0.3 is 4.43 Å². The van der Waals surface area contributed by atoms with Crippen LogP contribution in [-0.4, -0.2) is 8.32 Å². The molecule has 0 unspecified atom stereocenters. The summed E-state index contributed by atoms with van der Waals surface area (Å²) in [6, 6.07) is 31.4. The molecule has 0 bridgehead atoms. The normalized spacial score (nSPS) is 10.9. The summed E-state index contributed by atoms with van der Waals surface area (Å²) in [5.74, 6) is 0. The summed E-state index contributed by atoms with van der Waals surface area (Å²) in [6.07, 6.45) is 1.58. The van der Waals surface area contributed by atoms with E-state index in [1.165, 1.54) is 15.6 Å². The molecule has 0 saturated heterocycles. The van der Waals surface area contributed by atoms with E-state index < -0.39 is 8.32 Å². The van der Waals surface area contributed by atoms with E-state index in [4.69, 9.17) is 4.43 Å². The summed E-state index contributed by atoms with van der Waals surface area (Å²) < 4.78 is 6.29. The molecule has 1 nitrogen and oxygen atoms in total. The third-order valence-electron chi connectivity index (χ3n) is 3.80. The van der Waals surface area contributed by atoms with E-state index in [-0.39, 0.29) is 0 Å². The van der Waals surface area contributed by atoms with Gasteiger partial charge in [-0.15, -0.1) is 0 Å². The molecule has 0 aliphatic heterocycles. The second-order valence-electron chi connectivity index (χ2n) is 5.06. The van der Waals surface area contributed by atoms with Crippen LogP contribution in [0.5, 0.6) is 0 Å². The molecule has 0 spiro atoms. The molecule has 0 aromatic heterocycles. The first-order valence-electron chi connectivity index (χ1n) is 7.33. The van der Waals surface area contributed by atoms with Crippen molar-refractivity contribution in [2.75, 3.05) is 0 Å². The van der Waals surface area contributed by atoms with Gasteiger partial charge in [-0.25, -0.2) is 0 Å². The molecule has 0 N–H and O–H groups in total. The van der Waals surface area contributed by atoms with E-state index in [2.05, 4.69) is 79.4 Å². The van der Waals surface area contributed by atoms with Gasteiger partial charge in [0.2, 0.25) is 0 Å². The van der Waals surface area contributed by atoms with Crippen molar-refractivity contribution in [3.63, 3.8) is 0 Å². The van der Waals surface area contributed by atoms with E-state index in [0.29, 0.717) is 0 Å². The zero-order valence-corrected chi connectivity index (χ0v) is 13.4. The Bertz CT molecular complexity index is 627. The highest BCUT2D eigenvalue weighted by molar-refractivity contribution is 7.07. The number of hydrogen-bond donors (Lipinski definition) is 0. The molecule has 0 saturated carbocycles. The second kappa shape index (κ2) is 6.46. The monoisotopic (exact) mass is 302 g/mol. The molecule has 22 heavy (non-hydrogen) atoms. The van der Waals surface area contributed by atoms with Crippen molar-refractivity contribution in [3.8, 4) is 0 Å². The van der Waals surface area contributed by atoms with Crippen LogP contribution in [0, 0.1) is 0 Å². The Morgan fingerprint density at radius 1 is 0.591 bits per heavy atom. The lowest BCUT2D eigenvalue weighted by molar-refractivity contribution is 0.500. The van der Waals surface area contributed by atoms with Crippen molar-refractivity contribution in [2.45, 2.75) is 0 Å². The third-order valence-corrected chi connectivity index (χ3v) is 7.76. The summed E-state index contributed by atoms with van der Waals surface area (Å²) in [5.41, 5.74) is 0. The van der Waals surface area contributed by atoms with Crippen LogP contribution in [-0.2, 0) is 4.43 Å². The molecule has 3 aromatic carbocycles. The fourth-order valence-corrected chi connectivity index (χ4v) is 6.49. The highest BCUT2D eigenvalue weighted by atomic mass is 28.4. The minimum atomic E-state index is -2.54. The standard InChI is InChI=1S/C20H18OSi/c1-2-21-22(18-12-6-3-7-13-18,19-14-8-4-9-15-19)20-16-10-5-11-17-20/h2-17H,1H2. The fourth-order valence-electron chi connectivity index (χ4n) is 2.85. The van der Waals surface area contributed by atoms with Gasteiger partial charge in [0.25, 0.3) is 0 Å². The van der Waals surface area contributed by atoms with E-state index in [0.717, 1.165) is 0 Å². The predicted molar refractivity (Wildman–Crippen MR) is 95.3 cm³/mol. The van der Waals surface area contributed by atoms with Crippen LogP contribution in [0.15, 0.2) is 104 Å². The molecule has 3 aromatic rings. The van der Waals surface area contributed by atoms with Gasteiger partial charge >= 0.3 is 8.32 Å². The average Bonchev–Trinajstić information content (AvgIpc) is 2.62. The van der Waals surface area contributed by atoms with Crippen molar-refractivity contribution in [1.29, 1.82) is 0 Å². The van der Waals surface area contributed by atoms with Crippen molar-refractivity contribution in [2.24, 2.45) is 0 Å². The molecule has 0 atom stereocenters. The van der Waals surface area contributed by atoms with Gasteiger partial charge in [0.1, 0.15) is 0 Å². The van der Waals surface area contributed by atoms with Gasteiger partial charge in [-0.3, -0.25) is 0 Å². The molecule has 3 rings (SSSR count). The first-order chi connectivity index (χ1) is 10.9. The molecule has 0 amide bonds. The SMILES string of the molecule is C=CO[Si](c1ccccc1)(c1ccccc1)c1ccccc1. The summed E-state index contributed by atoms with van der Waals surface area (Å²) >= 11 is 0. The van der Waals surface area contributed by atoms with Crippen LogP contribution in [0.4, 0.5) is 0 Å². The third kappa shape index (κ3) is 2.49. The molecular weight excluding hydrogens is 284 g/mol. The Balaban J connectivity index is 2.31. The smallest absolute Gasteiger partial charge is 0.346 e. The Labute approximate surface area is 132 Å². The Hall–Kier alpha value is -2.58.